The third-order valence-electron chi connectivity index (χ3n) is 6.93. The highest BCUT2D eigenvalue weighted by atomic mass is 16.3. The van der Waals surface area contributed by atoms with Gasteiger partial charge in [-0.15, -0.1) is 0 Å². The minimum absolute atomic E-state index is 0.0902. The summed E-state index contributed by atoms with van der Waals surface area (Å²) in [6.07, 6.45) is 8.12. The van der Waals surface area contributed by atoms with Crippen molar-refractivity contribution < 1.29 is 5.11 Å². The van der Waals surface area contributed by atoms with E-state index in [2.05, 4.69) is 19.2 Å². The number of aliphatic hydroxyl groups is 1. The maximum absolute atomic E-state index is 11.4. The van der Waals surface area contributed by atoms with Gasteiger partial charge < -0.3 is 10.4 Å². The van der Waals surface area contributed by atoms with E-state index >= 15 is 0 Å². The van der Waals surface area contributed by atoms with Gasteiger partial charge in [0.2, 0.25) is 0 Å². The summed E-state index contributed by atoms with van der Waals surface area (Å²) in [6, 6.07) is 0. The van der Waals surface area contributed by atoms with Crippen LogP contribution in [0.5, 0.6) is 0 Å². The molecule has 0 aromatic carbocycles. The first kappa shape index (κ1) is 11.7. The molecule has 4 aliphatic carbocycles. The number of nitrogens with one attached hydrogen (secondary N) is 1. The van der Waals surface area contributed by atoms with Crippen molar-refractivity contribution >= 4 is 0 Å². The average Bonchev–Trinajstić information content (AvgIpc) is 2.52. The van der Waals surface area contributed by atoms with Crippen molar-refractivity contribution in [2.24, 2.45) is 29.6 Å². The summed E-state index contributed by atoms with van der Waals surface area (Å²) in [5, 5.41) is 14.9. The zero-order valence-corrected chi connectivity index (χ0v) is 11.8. The largest absolute Gasteiger partial charge is 0.388 e. The lowest BCUT2D eigenvalue weighted by atomic mass is 9.47. The molecule has 0 spiro atoms. The van der Waals surface area contributed by atoms with Gasteiger partial charge in [-0.2, -0.15) is 0 Å². The highest BCUT2D eigenvalue weighted by Gasteiger charge is 2.61. The summed E-state index contributed by atoms with van der Waals surface area (Å²) in [5.74, 6) is 4.24. The zero-order valence-electron chi connectivity index (χ0n) is 11.8. The van der Waals surface area contributed by atoms with E-state index in [4.69, 9.17) is 0 Å². The molecule has 5 rings (SSSR count). The molecule has 1 aliphatic heterocycles. The van der Waals surface area contributed by atoms with Gasteiger partial charge in [0.1, 0.15) is 0 Å². The van der Waals surface area contributed by atoms with Crippen LogP contribution in [0.25, 0.3) is 0 Å². The first-order chi connectivity index (χ1) is 8.49. The first-order valence-electron chi connectivity index (χ1n) is 7.97. The molecule has 1 saturated heterocycles. The van der Waals surface area contributed by atoms with Crippen LogP contribution in [0.15, 0.2) is 0 Å². The molecule has 0 aromatic heterocycles. The third-order valence-corrected chi connectivity index (χ3v) is 6.93. The maximum atomic E-state index is 11.4. The lowest BCUT2D eigenvalue weighted by molar-refractivity contribution is -0.161. The van der Waals surface area contributed by atoms with Crippen LogP contribution in [0.2, 0.25) is 0 Å². The van der Waals surface area contributed by atoms with E-state index in [0.717, 1.165) is 36.6 Å². The molecular formula is C16H27NO. The quantitative estimate of drug-likeness (QED) is 0.748. The van der Waals surface area contributed by atoms with Crippen molar-refractivity contribution in [3.63, 3.8) is 0 Å². The molecule has 1 heterocycles. The Morgan fingerprint density at radius 1 is 0.944 bits per heavy atom. The van der Waals surface area contributed by atoms with Crippen LogP contribution in [0, 0.1) is 29.6 Å². The van der Waals surface area contributed by atoms with Crippen LogP contribution in [0.4, 0.5) is 0 Å². The second kappa shape index (κ2) is 3.52. The normalized spacial score (nSPS) is 57.2. The third kappa shape index (κ3) is 1.37. The van der Waals surface area contributed by atoms with Crippen molar-refractivity contribution in [1.82, 2.24) is 5.32 Å². The molecule has 102 valence electrons. The standard InChI is InChI=1S/C16H27NO/c1-15(2)16(18,3-4-17-15)14-12-6-10-5-11(8-12)9-13(14)7-10/h10-14,17-18H,3-9H2,1-2H3. The predicted octanol–water partition coefficient (Wildman–Crippen LogP) is 2.56. The van der Waals surface area contributed by atoms with Crippen molar-refractivity contribution in [3.8, 4) is 0 Å². The molecule has 0 amide bonds. The Morgan fingerprint density at radius 3 is 1.94 bits per heavy atom. The van der Waals surface area contributed by atoms with Crippen LogP contribution in [-0.4, -0.2) is 22.8 Å². The van der Waals surface area contributed by atoms with E-state index in [-0.39, 0.29) is 5.54 Å². The number of hydrogen-bond acceptors (Lipinski definition) is 2. The molecule has 0 aromatic rings. The molecule has 5 fully saturated rings. The predicted molar refractivity (Wildman–Crippen MR) is 72.2 cm³/mol. The lowest BCUT2D eigenvalue weighted by Crippen LogP contribution is -2.63. The maximum Gasteiger partial charge on any atom is 0.0868 e. The SMILES string of the molecule is CC1(C)NCCC1(O)C1C2CC3CC(C2)CC1C3. The summed E-state index contributed by atoms with van der Waals surface area (Å²) < 4.78 is 0. The zero-order chi connectivity index (χ0) is 12.5. The van der Waals surface area contributed by atoms with Gasteiger partial charge in [0.05, 0.1) is 5.60 Å². The summed E-state index contributed by atoms with van der Waals surface area (Å²) in [6.45, 7) is 5.42. The topological polar surface area (TPSA) is 32.3 Å². The van der Waals surface area contributed by atoms with E-state index in [1.165, 1.54) is 32.1 Å². The fourth-order valence-electron chi connectivity index (χ4n) is 6.32. The molecule has 1 atom stereocenters. The summed E-state index contributed by atoms with van der Waals surface area (Å²) in [5.41, 5.74) is -0.539. The van der Waals surface area contributed by atoms with E-state index in [0.29, 0.717) is 5.92 Å². The summed E-state index contributed by atoms with van der Waals surface area (Å²) in [4.78, 5) is 0. The van der Waals surface area contributed by atoms with Gasteiger partial charge in [0.25, 0.3) is 0 Å². The fraction of sp³-hybridized carbons (Fsp3) is 1.00. The Kier molecular flexibility index (Phi) is 2.29. The minimum Gasteiger partial charge on any atom is -0.388 e. The van der Waals surface area contributed by atoms with E-state index < -0.39 is 5.60 Å². The monoisotopic (exact) mass is 249 g/mol. The molecule has 1 unspecified atom stereocenters. The highest BCUT2D eigenvalue weighted by Crippen LogP contribution is 2.61. The van der Waals surface area contributed by atoms with Crippen molar-refractivity contribution in [1.29, 1.82) is 0 Å². The van der Waals surface area contributed by atoms with Crippen LogP contribution in [-0.2, 0) is 0 Å². The van der Waals surface area contributed by atoms with Crippen LogP contribution in [0.1, 0.15) is 52.4 Å². The van der Waals surface area contributed by atoms with Crippen molar-refractivity contribution in [2.45, 2.75) is 63.5 Å². The minimum atomic E-state index is -0.449. The van der Waals surface area contributed by atoms with Gasteiger partial charge in [-0.25, -0.2) is 0 Å². The van der Waals surface area contributed by atoms with Crippen LogP contribution in [0.3, 0.4) is 0 Å². The first-order valence-corrected chi connectivity index (χ1v) is 7.97. The Labute approximate surface area is 111 Å². The number of rotatable bonds is 1. The van der Waals surface area contributed by atoms with Gasteiger partial charge in [-0.1, -0.05) is 0 Å². The molecule has 18 heavy (non-hydrogen) atoms. The van der Waals surface area contributed by atoms with Gasteiger partial charge in [0.15, 0.2) is 0 Å². The average molecular weight is 249 g/mol. The fourth-order valence-corrected chi connectivity index (χ4v) is 6.32. The van der Waals surface area contributed by atoms with Gasteiger partial charge in [-0.3, -0.25) is 0 Å². The molecule has 2 heteroatoms. The van der Waals surface area contributed by atoms with Crippen molar-refractivity contribution in [2.75, 3.05) is 6.54 Å². The molecule has 5 aliphatic rings. The highest BCUT2D eigenvalue weighted by molar-refractivity contribution is 5.14. The molecule has 2 N–H and O–H groups in total. The van der Waals surface area contributed by atoms with Crippen LogP contribution < -0.4 is 5.32 Å². The van der Waals surface area contributed by atoms with Gasteiger partial charge >= 0.3 is 0 Å². The molecule has 2 nitrogen and oxygen atoms in total. The van der Waals surface area contributed by atoms with Gasteiger partial charge in [0, 0.05) is 5.54 Å². The lowest BCUT2D eigenvalue weighted by Gasteiger charge is -2.60. The molecule has 4 bridgehead atoms. The Morgan fingerprint density at radius 2 is 1.50 bits per heavy atom. The Balaban J connectivity index is 1.69. The Hall–Kier alpha value is -0.0800. The van der Waals surface area contributed by atoms with Gasteiger partial charge in [-0.05, 0) is 88.5 Å². The smallest absolute Gasteiger partial charge is 0.0868 e. The second-order valence-corrected chi connectivity index (χ2v) is 8.18. The molecule has 0 radical (unpaired) electrons. The Bertz CT molecular complexity index is 336. The summed E-state index contributed by atoms with van der Waals surface area (Å²) in [7, 11) is 0. The van der Waals surface area contributed by atoms with E-state index in [1.807, 2.05) is 0 Å². The van der Waals surface area contributed by atoms with E-state index in [9.17, 15) is 5.11 Å². The van der Waals surface area contributed by atoms with Crippen molar-refractivity contribution in [3.05, 3.63) is 0 Å². The van der Waals surface area contributed by atoms with Crippen LogP contribution >= 0.6 is 0 Å². The number of hydrogen-bond donors (Lipinski definition) is 2. The molecular weight excluding hydrogens is 222 g/mol. The van der Waals surface area contributed by atoms with E-state index in [1.54, 1.807) is 0 Å². The molecule has 4 saturated carbocycles. The summed E-state index contributed by atoms with van der Waals surface area (Å²) >= 11 is 0. The second-order valence-electron chi connectivity index (χ2n) is 8.18.